The molecular formula is C12H8F3N5O. The maximum atomic E-state index is 12.7. The average Bonchev–Trinajstić information content (AvgIpc) is 2.43. The number of nitriles is 2. The zero-order valence-electron chi connectivity index (χ0n) is 10.3. The molecule has 0 fully saturated rings. The first-order valence-electron chi connectivity index (χ1n) is 5.33. The highest BCUT2D eigenvalue weighted by Gasteiger charge is 2.33. The molecule has 4 N–H and O–H groups in total. The molecule has 0 bridgehead atoms. The summed E-state index contributed by atoms with van der Waals surface area (Å²) in [6.45, 7) is 0. The van der Waals surface area contributed by atoms with Crippen molar-refractivity contribution in [3.8, 4) is 12.1 Å². The Morgan fingerprint density at radius 3 is 2.33 bits per heavy atom. The van der Waals surface area contributed by atoms with Crippen molar-refractivity contribution >= 4 is 11.7 Å². The maximum absolute atomic E-state index is 12.7. The van der Waals surface area contributed by atoms with Gasteiger partial charge in [-0.15, -0.1) is 0 Å². The minimum absolute atomic E-state index is 0.490. The Morgan fingerprint density at radius 2 is 1.81 bits per heavy atom. The van der Waals surface area contributed by atoms with E-state index >= 15 is 0 Å². The van der Waals surface area contributed by atoms with Crippen molar-refractivity contribution in [1.29, 1.82) is 10.5 Å². The molecule has 0 heterocycles. The Labute approximate surface area is 117 Å². The van der Waals surface area contributed by atoms with Crippen LogP contribution in [0.3, 0.4) is 0 Å². The van der Waals surface area contributed by atoms with Crippen LogP contribution < -0.4 is 16.4 Å². The summed E-state index contributed by atoms with van der Waals surface area (Å²) in [6, 6.07) is 6.07. The Bertz CT molecular complexity index is 667. The number of anilines is 1. The normalized spacial score (nSPS) is 11.7. The van der Waals surface area contributed by atoms with Crippen LogP contribution in [0.5, 0.6) is 0 Å². The van der Waals surface area contributed by atoms with Crippen LogP contribution >= 0.6 is 0 Å². The molecule has 21 heavy (non-hydrogen) atoms. The Morgan fingerprint density at radius 1 is 1.19 bits per heavy atom. The SMILES string of the molecule is N#C/C(N)=C(\C#N)NC(=O)Nc1ccccc1C(F)(F)F. The molecule has 0 aromatic heterocycles. The lowest BCUT2D eigenvalue weighted by Gasteiger charge is -2.13. The Hall–Kier alpha value is -3.20. The number of rotatable bonds is 2. The van der Waals surface area contributed by atoms with Gasteiger partial charge < -0.3 is 11.1 Å². The fourth-order valence-electron chi connectivity index (χ4n) is 1.32. The number of carbonyl (C=O) groups is 1. The third-order valence-electron chi connectivity index (χ3n) is 2.22. The summed E-state index contributed by atoms with van der Waals surface area (Å²) in [5.74, 6) is 0. The molecule has 0 saturated carbocycles. The molecule has 2 amide bonds. The van der Waals surface area contributed by atoms with Crippen molar-refractivity contribution in [3.05, 3.63) is 41.2 Å². The number of nitrogens with one attached hydrogen (secondary N) is 2. The molecular weight excluding hydrogens is 287 g/mol. The van der Waals surface area contributed by atoms with Crippen molar-refractivity contribution in [1.82, 2.24) is 5.32 Å². The van der Waals surface area contributed by atoms with Gasteiger partial charge in [-0.25, -0.2) is 4.79 Å². The number of alkyl halides is 3. The summed E-state index contributed by atoms with van der Waals surface area (Å²) in [6.07, 6.45) is -4.65. The van der Waals surface area contributed by atoms with E-state index < -0.39 is 34.9 Å². The lowest BCUT2D eigenvalue weighted by atomic mass is 10.1. The third-order valence-corrected chi connectivity index (χ3v) is 2.22. The van der Waals surface area contributed by atoms with Crippen LogP contribution in [0, 0.1) is 22.7 Å². The second-order valence-electron chi connectivity index (χ2n) is 3.63. The van der Waals surface area contributed by atoms with E-state index in [4.69, 9.17) is 16.3 Å². The van der Waals surface area contributed by atoms with E-state index in [0.29, 0.717) is 0 Å². The molecule has 6 nitrogen and oxygen atoms in total. The van der Waals surface area contributed by atoms with Gasteiger partial charge in [0.25, 0.3) is 0 Å². The summed E-state index contributed by atoms with van der Waals surface area (Å²) in [5, 5.41) is 21.0. The van der Waals surface area contributed by atoms with Crippen LogP contribution in [-0.4, -0.2) is 6.03 Å². The summed E-state index contributed by atoms with van der Waals surface area (Å²) in [5.41, 5.74) is 2.49. The van der Waals surface area contributed by atoms with Gasteiger partial charge in [-0.3, -0.25) is 5.32 Å². The number of amides is 2. The van der Waals surface area contributed by atoms with Crippen LogP contribution in [0.4, 0.5) is 23.7 Å². The maximum Gasteiger partial charge on any atom is 0.418 e. The highest BCUT2D eigenvalue weighted by atomic mass is 19.4. The molecule has 0 atom stereocenters. The highest BCUT2D eigenvalue weighted by molar-refractivity contribution is 5.91. The lowest BCUT2D eigenvalue weighted by molar-refractivity contribution is -0.136. The molecule has 1 aromatic rings. The van der Waals surface area contributed by atoms with Gasteiger partial charge in [0.1, 0.15) is 17.8 Å². The smallest absolute Gasteiger partial charge is 0.388 e. The van der Waals surface area contributed by atoms with Crippen LogP contribution in [0.15, 0.2) is 35.7 Å². The second kappa shape index (κ2) is 6.30. The molecule has 0 aliphatic rings. The van der Waals surface area contributed by atoms with Gasteiger partial charge in [0, 0.05) is 0 Å². The quantitative estimate of drug-likeness (QED) is 0.724. The number of nitrogens with zero attached hydrogens (tertiary/aromatic N) is 2. The van der Waals surface area contributed by atoms with Crippen molar-refractivity contribution < 1.29 is 18.0 Å². The van der Waals surface area contributed by atoms with E-state index in [1.807, 2.05) is 10.6 Å². The molecule has 0 radical (unpaired) electrons. The van der Waals surface area contributed by atoms with E-state index in [1.54, 1.807) is 0 Å². The van der Waals surface area contributed by atoms with Gasteiger partial charge in [-0.05, 0) is 12.1 Å². The van der Waals surface area contributed by atoms with Gasteiger partial charge >= 0.3 is 12.2 Å². The van der Waals surface area contributed by atoms with E-state index in [1.165, 1.54) is 24.3 Å². The van der Waals surface area contributed by atoms with Gasteiger partial charge in [-0.2, -0.15) is 23.7 Å². The van der Waals surface area contributed by atoms with Crippen molar-refractivity contribution in [2.75, 3.05) is 5.32 Å². The van der Waals surface area contributed by atoms with Crippen molar-refractivity contribution in [2.45, 2.75) is 6.18 Å². The first kappa shape index (κ1) is 15.9. The monoisotopic (exact) mass is 295 g/mol. The van der Waals surface area contributed by atoms with E-state index in [9.17, 15) is 18.0 Å². The van der Waals surface area contributed by atoms with Crippen LogP contribution in [0.2, 0.25) is 0 Å². The fourth-order valence-corrected chi connectivity index (χ4v) is 1.32. The molecule has 9 heteroatoms. The van der Waals surface area contributed by atoms with Gasteiger partial charge in [0.2, 0.25) is 0 Å². The first-order valence-corrected chi connectivity index (χ1v) is 5.33. The summed E-state index contributed by atoms with van der Waals surface area (Å²) >= 11 is 0. The third kappa shape index (κ3) is 4.14. The van der Waals surface area contributed by atoms with Crippen molar-refractivity contribution in [2.24, 2.45) is 5.73 Å². The second-order valence-corrected chi connectivity index (χ2v) is 3.63. The fraction of sp³-hybridized carbons (Fsp3) is 0.0833. The largest absolute Gasteiger partial charge is 0.418 e. The molecule has 0 aliphatic heterocycles. The lowest BCUT2D eigenvalue weighted by Crippen LogP contribution is -2.30. The number of carbonyl (C=O) groups excluding carboxylic acids is 1. The molecule has 1 rings (SSSR count). The number of para-hydroxylation sites is 1. The number of halogens is 3. The zero-order valence-corrected chi connectivity index (χ0v) is 10.3. The number of allylic oxidation sites excluding steroid dienone is 2. The predicted molar refractivity (Wildman–Crippen MR) is 66.0 cm³/mol. The molecule has 1 aromatic carbocycles. The number of nitrogens with two attached hydrogens (primary N) is 1. The number of benzene rings is 1. The van der Waals surface area contributed by atoms with Crippen LogP contribution in [0.1, 0.15) is 5.56 Å². The average molecular weight is 295 g/mol. The van der Waals surface area contributed by atoms with Crippen LogP contribution in [-0.2, 0) is 6.18 Å². The molecule has 0 spiro atoms. The standard InChI is InChI=1S/C12H8F3N5O/c13-12(14,15)7-3-1-2-4-9(7)19-11(21)20-10(6-17)8(18)5-16/h1-4H,18H2,(H2,19,20,21)/b10-8-. The summed E-state index contributed by atoms with van der Waals surface area (Å²) in [4.78, 5) is 11.5. The zero-order chi connectivity index (χ0) is 16.0. The van der Waals surface area contributed by atoms with E-state index in [2.05, 4.69) is 0 Å². The van der Waals surface area contributed by atoms with Gasteiger partial charge in [0.15, 0.2) is 5.70 Å². The number of hydrogen-bond donors (Lipinski definition) is 3. The van der Waals surface area contributed by atoms with E-state index in [-0.39, 0.29) is 0 Å². The van der Waals surface area contributed by atoms with Gasteiger partial charge in [-0.1, -0.05) is 12.1 Å². The number of urea groups is 1. The minimum Gasteiger partial charge on any atom is -0.388 e. The topological polar surface area (TPSA) is 115 Å². The Kier molecular flexibility index (Phi) is 4.76. The summed E-state index contributed by atoms with van der Waals surface area (Å²) in [7, 11) is 0. The highest BCUT2D eigenvalue weighted by Crippen LogP contribution is 2.34. The predicted octanol–water partition coefficient (Wildman–Crippen LogP) is 2.04. The minimum atomic E-state index is -4.65. The van der Waals surface area contributed by atoms with Gasteiger partial charge in [0.05, 0.1) is 11.3 Å². The molecule has 0 unspecified atom stereocenters. The van der Waals surface area contributed by atoms with Crippen LogP contribution in [0.25, 0.3) is 0 Å². The summed E-state index contributed by atoms with van der Waals surface area (Å²) < 4.78 is 38.1. The first-order chi connectivity index (χ1) is 9.79. The Balaban J connectivity index is 2.97. The molecule has 0 aliphatic carbocycles. The molecule has 0 saturated heterocycles. The molecule has 108 valence electrons. The van der Waals surface area contributed by atoms with Crippen molar-refractivity contribution in [3.63, 3.8) is 0 Å². The van der Waals surface area contributed by atoms with E-state index in [0.717, 1.165) is 12.1 Å². The number of hydrogen-bond acceptors (Lipinski definition) is 4.